The van der Waals surface area contributed by atoms with Gasteiger partial charge in [-0.3, -0.25) is 9.89 Å². The van der Waals surface area contributed by atoms with Gasteiger partial charge in [-0.2, -0.15) is 0 Å². The Morgan fingerprint density at radius 3 is 3.07 bits per heavy atom. The zero-order valence-electron chi connectivity index (χ0n) is 8.66. The lowest BCUT2D eigenvalue weighted by Crippen LogP contribution is -2.35. The highest BCUT2D eigenvalue weighted by atomic mass is 16.2. The number of nitrogens with zero attached hydrogens (tertiary/aromatic N) is 2. The largest absolute Gasteiger partial charge is 0.348 e. The minimum absolute atomic E-state index is 0.0594. The van der Waals surface area contributed by atoms with Gasteiger partial charge in [0.1, 0.15) is 5.82 Å². The number of nitrogens with two attached hydrogens (primary N) is 1. The van der Waals surface area contributed by atoms with Crippen LogP contribution in [0.25, 0.3) is 0 Å². The van der Waals surface area contributed by atoms with Crippen LogP contribution in [0.1, 0.15) is 42.1 Å². The number of H-pyrrole nitrogens is 1. The van der Waals surface area contributed by atoms with Crippen LogP contribution in [0.5, 0.6) is 0 Å². The van der Waals surface area contributed by atoms with E-state index in [4.69, 9.17) is 5.73 Å². The van der Waals surface area contributed by atoms with Crippen molar-refractivity contribution in [2.24, 2.45) is 5.73 Å². The van der Waals surface area contributed by atoms with Crippen molar-refractivity contribution >= 4 is 5.91 Å². The Kier molecular flexibility index (Phi) is 2.68. The third-order valence-electron chi connectivity index (χ3n) is 2.25. The molecule has 82 valence electrons. The quantitative estimate of drug-likeness (QED) is 0.637. The Balaban J connectivity index is 1.93. The molecule has 4 N–H and O–H groups in total. The monoisotopic (exact) mass is 209 g/mol. The molecular weight excluding hydrogens is 194 g/mol. The average Bonchev–Trinajstić information content (AvgIpc) is 2.93. The minimum atomic E-state index is -0.268. The first-order valence-electron chi connectivity index (χ1n) is 5.13. The van der Waals surface area contributed by atoms with Crippen molar-refractivity contribution in [3.05, 3.63) is 11.6 Å². The van der Waals surface area contributed by atoms with Crippen molar-refractivity contribution in [2.75, 3.05) is 6.54 Å². The van der Waals surface area contributed by atoms with Gasteiger partial charge in [0.2, 0.25) is 5.82 Å². The van der Waals surface area contributed by atoms with Gasteiger partial charge < -0.3 is 11.1 Å². The normalized spacial score (nSPS) is 17.5. The van der Waals surface area contributed by atoms with Gasteiger partial charge in [-0.15, -0.1) is 5.10 Å². The summed E-state index contributed by atoms with van der Waals surface area (Å²) in [4.78, 5) is 15.6. The third-order valence-corrected chi connectivity index (χ3v) is 2.25. The summed E-state index contributed by atoms with van der Waals surface area (Å²) in [6, 6.07) is -0.0594. The molecule has 0 aromatic carbocycles. The van der Waals surface area contributed by atoms with Crippen LogP contribution in [0.15, 0.2) is 0 Å². The van der Waals surface area contributed by atoms with Gasteiger partial charge in [-0.1, -0.05) is 0 Å². The SMILES string of the molecule is CC(N)CNC(=O)c1n[nH]c(C2CC2)n1. The smallest absolute Gasteiger partial charge is 0.291 e. The fraction of sp³-hybridized carbons (Fsp3) is 0.667. The molecule has 1 fully saturated rings. The van der Waals surface area contributed by atoms with Gasteiger partial charge in [0.05, 0.1) is 0 Å². The molecule has 1 heterocycles. The van der Waals surface area contributed by atoms with Crippen LogP contribution < -0.4 is 11.1 Å². The van der Waals surface area contributed by atoms with Crippen LogP contribution in [-0.2, 0) is 0 Å². The molecule has 1 aliphatic rings. The van der Waals surface area contributed by atoms with E-state index >= 15 is 0 Å². The highest BCUT2D eigenvalue weighted by Crippen LogP contribution is 2.37. The summed E-state index contributed by atoms with van der Waals surface area (Å²) in [5, 5.41) is 9.31. The molecule has 2 rings (SSSR count). The van der Waals surface area contributed by atoms with E-state index in [9.17, 15) is 4.79 Å². The summed E-state index contributed by atoms with van der Waals surface area (Å²) in [6.07, 6.45) is 2.27. The molecule has 1 saturated carbocycles. The highest BCUT2D eigenvalue weighted by molar-refractivity contribution is 5.90. The highest BCUT2D eigenvalue weighted by Gasteiger charge is 2.28. The fourth-order valence-corrected chi connectivity index (χ4v) is 1.25. The first kappa shape index (κ1) is 10.1. The second kappa shape index (κ2) is 3.98. The van der Waals surface area contributed by atoms with Crippen LogP contribution in [0.2, 0.25) is 0 Å². The number of carbonyl (C=O) groups excluding carboxylic acids is 1. The lowest BCUT2D eigenvalue weighted by molar-refractivity contribution is 0.0941. The summed E-state index contributed by atoms with van der Waals surface area (Å²) in [7, 11) is 0. The molecule has 0 spiro atoms. The molecule has 0 saturated heterocycles. The molecule has 0 bridgehead atoms. The number of amides is 1. The number of aromatic amines is 1. The van der Waals surface area contributed by atoms with E-state index in [2.05, 4.69) is 20.5 Å². The van der Waals surface area contributed by atoms with Crippen LogP contribution in [0.4, 0.5) is 0 Å². The molecule has 6 heteroatoms. The molecule has 6 nitrogen and oxygen atoms in total. The second-order valence-electron chi connectivity index (χ2n) is 4.01. The molecule has 1 aromatic rings. The Bertz CT molecular complexity index is 355. The number of hydrogen-bond acceptors (Lipinski definition) is 4. The molecule has 1 atom stereocenters. The molecule has 1 amide bonds. The topological polar surface area (TPSA) is 96.7 Å². The zero-order valence-corrected chi connectivity index (χ0v) is 8.66. The van der Waals surface area contributed by atoms with Gasteiger partial charge in [0.25, 0.3) is 5.91 Å². The molecule has 15 heavy (non-hydrogen) atoms. The average molecular weight is 209 g/mol. The first-order chi connectivity index (χ1) is 7.16. The number of nitrogens with one attached hydrogen (secondary N) is 2. The number of aromatic nitrogens is 3. The van der Waals surface area contributed by atoms with E-state index in [0.29, 0.717) is 12.5 Å². The maximum Gasteiger partial charge on any atom is 0.291 e. The summed E-state index contributed by atoms with van der Waals surface area (Å²) < 4.78 is 0. The predicted octanol–water partition coefficient (Wildman–Crippen LogP) is -0.241. The second-order valence-corrected chi connectivity index (χ2v) is 4.01. The van der Waals surface area contributed by atoms with E-state index in [1.165, 1.54) is 0 Å². The summed E-state index contributed by atoms with van der Waals surface area (Å²) >= 11 is 0. The Hall–Kier alpha value is -1.43. The molecule has 0 aliphatic heterocycles. The maximum absolute atomic E-state index is 11.5. The van der Waals surface area contributed by atoms with Crippen molar-refractivity contribution in [1.29, 1.82) is 0 Å². The van der Waals surface area contributed by atoms with Crippen molar-refractivity contribution in [3.8, 4) is 0 Å². The van der Waals surface area contributed by atoms with Gasteiger partial charge in [-0.25, -0.2) is 4.98 Å². The van der Waals surface area contributed by atoms with E-state index in [1.54, 1.807) is 0 Å². The first-order valence-corrected chi connectivity index (χ1v) is 5.13. The summed E-state index contributed by atoms with van der Waals surface area (Å²) in [6.45, 7) is 2.26. The Labute approximate surface area is 87.6 Å². The molecule has 1 aromatic heterocycles. The number of rotatable bonds is 4. The standard InChI is InChI=1S/C9H15N5O/c1-5(10)4-11-9(15)8-12-7(13-14-8)6-2-3-6/h5-6H,2-4,10H2,1H3,(H,11,15)(H,12,13,14). The molecular formula is C9H15N5O. The summed E-state index contributed by atoms with van der Waals surface area (Å²) in [5.41, 5.74) is 5.52. The van der Waals surface area contributed by atoms with E-state index in [-0.39, 0.29) is 17.8 Å². The van der Waals surface area contributed by atoms with Gasteiger partial charge in [0, 0.05) is 18.5 Å². The molecule has 1 aliphatic carbocycles. The zero-order chi connectivity index (χ0) is 10.8. The van der Waals surface area contributed by atoms with Crippen molar-refractivity contribution in [1.82, 2.24) is 20.5 Å². The van der Waals surface area contributed by atoms with E-state index < -0.39 is 0 Å². The Morgan fingerprint density at radius 2 is 2.47 bits per heavy atom. The van der Waals surface area contributed by atoms with E-state index in [0.717, 1.165) is 18.7 Å². The third kappa shape index (κ3) is 2.53. The van der Waals surface area contributed by atoms with Crippen LogP contribution in [0, 0.1) is 0 Å². The lowest BCUT2D eigenvalue weighted by atomic mass is 10.3. The van der Waals surface area contributed by atoms with Gasteiger partial charge in [0.15, 0.2) is 0 Å². The van der Waals surface area contributed by atoms with Crippen LogP contribution in [-0.4, -0.2) is 33.7 Å². The van der Waals surface area contributed by atoms with Crippen molar-refractivity contribution < 1.29 is 4.79 Å². The molecule has 1 unspecified atom stereocenters. The van der Waals surface area contributed by atoms with E-state index in [1.807, 2.05) is 6.92 Å². The summed E-state index contributed by atoms with van der Waals surface area (Å²) in [5.74, 6) is 1.24. The van der Waals surface area contributed by atoms with Gasteiger partial charge >= 0.3 is 0 Å². The van der Waals surface area contributed by atoms with Gasteiger partial charge in [-0.05, 0) is 19.8 Å². The minimum Gasteiger partial charge on any atom is -0.348 e. The number of carbonyl (C=O) groups is 1. The fourth-order valence-electron chi connectivity index (χ4n) is 1.25. The maximum atomic E-state index is 11.5. The Morgan fingerprint density at radius 1 is 1.73 bits per heavy atom. The van der Waals surface area contributed by atoms with Crippen LogP contribution in [0.3, 0.4) is 0 Å². The lowest BCUT2D eigenvalue weighted by Gasteiger charge is -2.04. The van der Waals surface area contributed by atoms with Crippen molar-refractivity contribution in [2.45, 2.75) is 31.7 Å². The van der Waals surface area contributed by atoms with Crippen LogP contribution >= 0.6 is 0 Å². The van der Waals surface area contributed by atoms with Crippen molar-refractivity contribution in [3.63, 3.8) is 0 Å². The predicted molar refractivity (Wildman–Crippen MR) is 54.3 cm³/mol. The number of hydrogen-bond donors (Lipinski definition) is 3. The molecule has 0 radical (unpaired) electrons.